The van der Waals surface area contributed by atoms with Gasteiger partial charge in [-0.2, -0.15) is 13.2 Å². The predicted octanol–water partition coefficient (Wildman–Crippen LogP) is 2.10. The summed E-state index contributed by atoms with van der Waals surface area (Å²) in [5, 5.41) is 13.8. The summed E-state index contributed by atoms with van der Waals surface area (Å²) >= 11 is 0.888. The number of aromatic nitrogens is 4. The monoisotopic (exact) mass is 303 g/mol. The van der Waals surface area contributed by atoms with Crippen molar-refractivity contribution < 1.29 is 13.2 Å². The van der Waals surface area contributed by atoms with E-state index < -0.39 is 11.7 Å². The van der Waals surface area contributed by atoms with Gasteiger partial charge in [-0.05, 0) is 46.9 Å². The Morgan fingerprint density at radius 1 is 1.35 bits per heavy atom. The van der Waals surface area contributed by atoms with Crippen molar-refractivity contribution in [3.63, 3.8) is 0 Å². The minimum absolute atomic E-state index is 0.0789. The number of nitrogens with one attached hydrogen (secondary N) is 1. The van der Waals surface area contributed by atoms with Gasteiger partial charge in [-0.15, -0.1) is 5.10 Å². The number of alkyl halides is 3. The van der Waals surface area contributed by atoms with E-state index in [9.17, 15) is 13.2 Å². The van der Waals surface area contributed by atoms with Crippen molar-refractivity contribution in [2.75, 3.05) is 7.05 Å². The zero-order valence-corrected chi connectivity index (χ0v) is 11.6. The number of hydrogen-bond acceptors (Lipinski definition) is 5. The van der Waals surface area contributed by atoms with Crippen molar-refractivity contribution in [3.8, 4) is 0 Å². The predicted molar refractivity (Wildman–Crippen MR) is 67.1 cm³/mol. The molecule has 0 aliphatic rings. The van der Waals surface area contributed by atoms with Gasteiger partial charge in [0.1, 0.15) is 0 Å². The van der Waals surface area contributed by atoms with Gasteiger partial charge in [-0.1, -0.05) is 6.07 Å². The normalized spacial score (nSPS) is 11.8. The van der Waals surface area contributed by atoms with E-state index in [0.29, 0.717) is 17.3 Å². The van der Waals surface area contributed by atoms with E-state index in [0.717, 1.165) is 17.8 Å². The van der Waals surface area contributed by atoms with Crippen LogP contribution in [0.15, 0.2) is 28.3 Å². The Balaban J connectivity index is 2.39. The van der Waals surface area contributed by atoms with Crippen molar-refractivity contribution in [3.05, 3.63) is 29.3 Å². The highest BCUT2D eigenvalue weighted by Crippen LogP contribution is 2.39. The molecule has 0 aliphatic carbocycles. The van der Waals surface area contributed by atoms with Crippen LogP contribution in [0, 0.1) is 0 Å². The minimum atomic E-state index is -4.42. The standard InChI is InChI=1S/C11H12F3N5S/c1-15-6-7-3-4-9(8(5-7)11(12,13)14)20-10-16-17-18-19(10)2/h3-5,15H,6H2,1-2H3. The third-order valence-corrected chi connectivity index (χ3v) is 3.62. The quantitative estimate of drug-likeness (QED) is 0.937. The van der Waals surface area contributed by atoms with E-state index >= 15 is 0 Å². The summed E-state index contributed by atoms with van der Waals surface area (Å²) in [5.41, 5.74) is -0.112. The molecule has 0 spiro atoms. The van der Waals surface area contributed by atoms with Crippen LogP contribution in [0.1, 0.15) is 11.1 Å². The van der Waals surface area contributed by atoms with Crippen molar-refractivity contribution in [1.29, 1.82) is 0 Å². The third kappa shape index (κ3) is 3.28. The molecule has 0 unspecified atom stereocenters. The van der Waals surface area contributed by atoms with Crippen LogP contribution in [0.25, 0.3) is 0 Å². The molecule has 0 amide bonds. The molecule has 0 fully saturated rings. The van der Waals surface area contributed by atoms with Crippen LogP contribution in [0.4, 0.5) is 13.2 Å². The lowest BCUT2D eigenvalue weighted by molar-refractivity contribution is -0.139. The molecule has 0 bridgehead atoms. The van der Waals surface area contributed by atoms with Gasteiger partial charge in [0, 0.05) is 18.5 Å². The number of tetrazole rings is 1. The first kappa shape index (κ1) is 14.8. The average Bonchev–Trinajstić information content (AvgIpc) is 2.76. The second-order valence-corrected chi connectivity index (χ2v) is 5.05. The molecular formula is C11H12F3N5S. The Kier molecular flexibility index (Phi) is 4.29. The molecule has 1 aromatic carbocycles. The molecule has 0 saturated carbocycles. The highest BCUT2D eigenvalue weighted by molar-refractivity contribution is 7.99. The smallest absolute Gasteiger partial charge is 0.316 e. The second kappa shape index (κ2) is 5.80. The Hall–Kier alpha value is -1.61. The molecule has 2 aromatic rings. The molecule has 5 nitrogen and oxygen atoms in total. The van der Waals surface area contributed by atoms with Gasteiger partial charge < -0.3 is 5.32 Å². The van der Waals surface area contributed by atoms with E-state index in [1.807, 2.05) is 0 Å². The lowest BCUT2D eigenvalue weighted by Crippen LogP contribution is -2.11. The van der Waals surface area contributed by atoms with Crippen molar-refractivity contribution in [2.24, 2.45) is 7.05 Å². The van der Waals surface area contributed by atoms with Crippen LogP contribution >= 0.6 is 11.8 Å². The van der Waals surface area contributed by atoms with E-state index in [-0.39, 0.29) is 4.90 Å². The zero-order valence-electron chi connectivity index (χ0n) is 10.8. The van der Waals surface area contributed by atoms with Gasteiger partial charge in [0.2, 0.25) is 5.16 Å². The molecule has 1 heterocycles. The number of nitrogens with zero attached hydrogens (tertiary/aromatic N) is 4. The molecule has 0 saturated heterocycles. The minimum Gasteiger partial charge on any atom is -0.316 e. The molecule has 1 N–H and O–H groups in total. The summed E-state index contributed by atoms with van der Waals surface area (Å²) in [4.78, 5) is 0.0789. The largest absolute Gasteiger partial charge is 0.417 e. The van der Waals surface area contributed by atoms with Gasteiger partial charge in [-0.3, -0.25) is 0 Å². The van der Waals surface area contributed by atoms with E-state index in [2.05, 4.69) is 20.8 Å². The summed E-state index contributed by atoms with van der Waals surface area (Å²) < 4.78 is 40.6. The lowest BCUT2D eigenvalue weighted by atomic mass is 10.1. The molecule has 20 heavy (non-hydrogen) atoms. The fourth-order valence-electron chi connectivity index (χ4n) is 1.61. The summed E-state index contributed by atoms with van der Waals surface area (Å²) in [6, 6.07) is 4.23. The zero-order chi connectivity index (χ0) is 14.8. The lowest BCUT2D eigenvalue weighted by Gasteiger charge is -2.13. The molecule has 0 atom stereocenters. The van der Waals surface area contributed by atoms with Crippen molar-refractivity contribution in [1.82, 2.24) is 25.5 Å². The van der Waals surface area contributed by atoms with Crippen LogP contribution < -0.4 is 5.32 Å². The maximum absolute atomic E-state index is 13.1. The average molecular weight is 303 g/mol. The van der Waals surface area contributed by atoms with E-state index in [1.54, 1.807) is 20.2 Å². The van der Waals surface area contributed by atoms with Crippen LogP contribution in [-0.2, 0) is 19.8 Å². The van der Waals surface area contributed by atoms with Gasteiger partial charge in [0.25, 0.3) is 0 Å². The van der Waals surface area contributed by atoms with Crippen LogP contribution in [0.5, 0.6) is 0 Å². The van der Waals surface area contributed by atoms with E-state index in [4.69, 9.17) is 0 Å². The first-order chi connectivity index (χ1) is 9.41. The first-order valence-corrected chi connectivity index (χ1v) is 6.48. The van der Waals surface area contributed by atoms with Gasteiger partial charge in [-0.25, -0.2) is 4.68 Å². The molecule has 0 aliphatic heterocycles. The topological polar surface area (TPSA) is 55.6 Å². The molecule has 1 aromatic heterocycles. The Morgan fingerprint density at radius 2 is 2.10 bits per heavy atom. The Morgan fingerprint density at radius 3 is 2.65 bits per heavy atom. The maximum Gasteiger partial charge on any atom is 0.417 e. The molecule has 9 heteroatoms. The van der Waals surface area contributed by atoms with Crippen LogP contribution in [0.2, 0.25) is 0 Å². The fraction of sp³-hybridized carbons (Fsp3) is 0.364. The first-order valence-electron chi connectivity index (χ1n) is 5.66. The SMILES string of the molecule is CNCc1ccc(Sc2nnnn2C)c(C(F)(F)F)c1. The van der Waals surface area contributed by atoms with Crippen molar-refractivity contribution in [2.45, 2.75) is 22.8 Å². The number of rotatable bonds is 4. The summed E-state index contributed by atoms with van der Waals surface area (Å²) in [6.45, 7) is 0.375. The summed E-state index contributed by atoms with van der Waals surface area (Å²) in [6.07, 6.45) is -4.42. The summed E-state index contributed by atoms with van der Waals surface area (Å²) in [7, 11) is 3.26. The van der Waals surface area contributed by atoms with Gasteiger partial charge in [0.15, 0.2) is 0 Å². The number of halogens is 3. The Labute approximate surface area is 117 Å². The third-order valence-electron chi connectivity index (χ3n) is 2.51. The number of benzene rings is 1. The van der Waals surface area contributed by atoms with E-state index in [1.165, 1.54) is 10.7 Å². The van der Waals surface area contributed by atoms with Crippen LogP contribution in [-0.4, -0.2) is 27.3 Å². The molecule has 108 valence electrons. The maximum atomic E-state index is 13.1. The van der Waals surface area contributed by atoms with Gasteiger partial charge >= 0.3 is 6.18 Å². The van der Waals surface area contributed by atoms with Crippen molar-refractivity contribution >= 4 is 11.8 Å². The Bertz CT molecular complexity index is 596. The second-order valence-electron chi connectivity index (χ2n) is 4.05. The van der Waals surface area contributed by atoms with Crippen LogP contribution in [0.3, 0.4) is 0 Å². The molecular weight excluding hydrogens is 291 g/mol. The highest BCUT2D eigenvalue weighted by Gasteiger charge is 2.34. The molecule has 0 radical (unpaired) electrons. The number of hydrogen-bond donors (Lipinski definition) is 1. The number of aryl methyl sites for hydroxylation is 1. The van der Waals surface area contributed by atoms with Gasteiger partial charge in [0.05, 0.1) is 5.56 Å². The highest BCUT2D eigenvalue weighted by atomic mass is 32.2. The molecule has 2 rings (SSSR count). The summed E-state index contributed by atoms with van der Waals surface area (Å²) in [5.74, 6) is 0. The fourth-order valence-corrected chi connectivity index (χ4v) is 2.47.